The quantitative estimate of drug-likeness (QED) is 0.836. The zero-order valence-corrected chi connectivity index (χ0v) is 15.4. The Bertz CT molecular complexity index is 886. The number of hydrogen-bond acceptors (Lipinski definition) is 4. The second-order valence-corrected chi connectivity index (χ2v) is 8.61. The molecule has 1 aliphatic carbocycles. The number of likely N-dealkylation sites (N-methyl/N-ethyl adjacent to an activating group) is 1. The van der Waals surface area contributed by atoms with Crippen molar-refractivity contribution in [2.45, 2.75) is 30.4 Å². The second kappa shape index (κ2) is 6.65. The Balaban J connectivity index is 1.77. The van der Waals surface area contributed by atoms with Gasteiger partial charge in [-0.15, -0.1) is 0 Å². The summed E-state index contributed by atoms with van der Waals surface area (Å²) < 4.78 is 30.4. The highest BCUT2D eigenvalue weighted by Gasteiger charge is 2.28. The number of carbonyl (C=O) groups excluding carboxylic acids is 1. The molecule has 3 rings (SSSR count). The number of carbonyl (C=O) groups is 1. The number of nitrogens with zero attached hydrogens (tertiary/aromatic N) is 2. The van der Waals surface area contributed by atoms with Crippen LogP contribution in [0.4, 0.5) is 0 Å². The van der Waals surface area contributed by atoms with Gasteiger partial charge in [-0.1, -0.05) is 24.3 Å². The SMILES string of the molecule is CN(C(=O)c1coc(S(=O)(=O)N(C)C)c1)C1CCc2ccccc2C1. The minimum absolute atomic E-state index is 0.0891. The molecule has 2 aromatic rings. The predicted molar refractivity (Wildman–Crippen MR) is 93.9 cm³/mol. The van der Waals surface area contributed by atoms with Crippen LogP contribution >= 0.6 is 0 Å². The molecule has 6 nitrogen and oxygen atoms in total. The highest BCUT2D eigenvalue weighted by molar-refractivity contribution is 7.88. The molecule has 0 saturated heterocycles. The van der Waals surface area contributed by atoms with Gasteiger partial charge in [-0.3, -0.25) is 4.79 Å². The monoisotopic (exact) mass is 362 g/mol. The van der Waals surface area contributed by atoms with Crippen molar-refractivity contribution >= 4 is 15.9 Å². The number of amides is 1. The van der Waals surface area contributed by atoms with Crippen molar-refractivity contribution in [1.82, 2.24) is 9.21 Å². The van der Waals surface area contributed by atoms with Gasteiger partial charge < -0.3 is 9.32 Å². The number of benzene rings is 1. The van der Waals surface area contributed by atoms with E-state index in [2.05, 4.69) is 12.1 Å². The lowest BCUT2D eigenvalue weighted by molar-refractivity contribution is 0.0718. The summed E-state index contributed by atoms with van der Waals surface area (Å²) in [6, 6.07) is 9.65. The minimum Gasteiger partial charge on any atom is -0.451 e. The number of rotatable bonds is 4. The van der Waals surface area contributed by atoms with Gasteiger partial charge >= 0.3 is 0 Å². The summed E-state index contributed by atoms with van der Waals surface area (Å²) in [4.78, 5) is 14.4. The van der Waals surface area contributed by atoms with Crippen molar-refractivity contribution in [2.75, 3.05) is 21.1 Å². The molecule has 0 spiro atoms. The highest BCUT2D eigenvalue weighted by atomic mass is 32.2. The van der Waals surface area contributed by atoms with Crippen LogP contribution in [0, 0.1) is 0 Å². The fourth-order valence-electron chi connectivity index (χ4n) is 3.12. The summed E-state index contributed by atoms with van der Waals surface area (Å²) in [6.45, 7) is 0. The van der Waals surface area contributed by atoms with Crippen LogP contribution in [0.15, 0.2) is 46.1 Å². The van der Waals surface area contributed by atoms with E-state index < -0.39 is 10.0 Å². The van der Waals surface area contributed by atoms with Crippen LogP contribution in [0.1, 0.15) is 27.9 Å². The molecule has 0 saturated carbocycles. The first kappa shape index (κ1) is 17.7. The predicted octanol–water partition coefficient (Wildman–Crippen LogP) is 2.16. The van der Waals surface area contributed by atoms with Crippen molar-refractivity contribution in [3.63, 3.8) is 0 Å². The van der Waals surface area contributed by atoms with Crippen molar-refractivity contribution in [2.24, 2.45) is 0 Å². The van der Waals surface area contributed by atoms with Crippen molar-refractivity contribution in [1.29, 1.82) is 0 Å². The molecule has 0 bridgehead atoms. The molecule has 0 aliphatic heterocycles. The van der Waals surface area contributed by atoms with Gasteiger partial charge in [-0.25, -0.2) is 12.7 Å². The Kier molecular flexibility index (Phi) is 4.71. The van der Waals surface area contributed by atoms with E-state index in [0.29, 0.717) is 0 Å². The van der Waals surface area contributed by atoms with Crippen LogP contribution in [0.2, 0.25) is 0 Å². The Morgan fingerprint density at radius 3 is 2.52 bits per heavy atom. The van der Waals surface area contributed by atoms with Crippen LogP contribution in [0.25, 0.3) is 0 Å². The van der Waals surface area contributed by atoms with E-state index in [1.807, 2.05) is 12.1 Å². The summed E-state index contributed by atoms with van der Waals surface area (Å²) in [7, 11) is 0.917. The number of fused-ring (bicyclic) bond motifs is 1. The Morgan fingerprint density at radius 1 is 1.16 bits per heavy atom. The largest absolute Gasteiger partial charge is 0.451 e. The standard InChI is InChI=1S/C18H22N2O4S/c1-19(2)25(22,23)17-11-15(12-24-17)18(21)20(3)16-9-8-13-6-4-5-7-14(13)10-16/h4-7,11-12,16H,8-10H2,1-3H3. The topological polar surface area (TPSA) is 70.8 Å². The maximum Gasteiger partial charge on any atom is 0.275 e. The molecule has 1 unspecified atom stereocenters. The zero-order chi connectivity index (χ0) is 18.2. The first-order valence-electron chi connectivity index (χ1n) is 8.15. The molecule has 7 heteroatoms. The fraction of sp³-hybridized carbons (Fsp3) is 0.389. The summed E-state index contributed by atoms with van der Waals surface area (Å²) >= 11 is 0. The molecule has 1 aromatic heterocycles. The van der Waals surface area contributed by atoms with Gasteiger partial charge in [0.05, 0.1) is 5.56 Å². The van der Waals surface area contributed by atoms with Crippen LogP contribution in [-0.2, 0) is 22.9 Å². The van der Waals surface area contributed by atoms with E-state index in [4.69, 9.17) is 4.42 Å². The van der Waals surface area contributed by atoms with Crippen molar-refractivity contribution in [3.8, 4) is 0 Å². The van der Waals surface area contributed by atoms with Crippen LogP contribution in [0.5, 0.6) is 0 Å². The maximum atomic E-state index is 12.7. The van der Waals surface area contributed by atoms with Crippen LogP contribution < -0.4 is 0 Å². The number of sulfonamides is 1. The third kappa shape index (κ3) is 3.34. The molecule has 1 aromatic carbocycles. The van der Waals surface area contributed by atoms with Gasteiger partial charge in [0.25, 0.3) is 15.9 Å². The second-order valence-electron chi connectivity index (χ2n) is 6.52. The Hall–Kier alpha value is -2.12. The molecule has 1 aliphatic rings. The minimum atomic E-state index is -3.68. The average Bonchev–Trinajstić information content (AvgIpc) is 3.10. The molecule has 0 radical (unpaired) electrons. The molecular formula is C18H22N2O4S. The van der Waals surface area contributed by atoms with Crippen LogP contribution in [0.3, 0.4) is 0 Å². The Labute approximate surface area is 148 Å². The summed E-state index contributed by atoms with van der Waals surface area (Å²) in [5.41, 5.74) is 2.85. The molecule has 0 fully saturated rings. The molecule has 134 valence electrons. The van der Waals surface area contributed by atoms with Gasteiger partial charge in [-0.05, 0) is 30.4 Å². The van der Waals surface area contributed by atoms with Gasteiger partial charge in [0.2, 0.25) is 5.09 Å². The zero-order valence-electron chi connectivity index (χ0n) is 14.6. The van der Waals surface area contributed by atoms with E-state index in [0.717, 1.165) is 23.6 Å². The van der Waals surface area contributed by atoms with E-state index >= 15 is 0 Å². The molecule has 1 atom stereocenters. The third-order valence-electron chi connectivity index (χ3n) is 4.75. The van der Waals surface area contributed by atoms with Crippen molar-refractivity contribution < 1.29 is 17.6 Å². The summed E-state index contributed by atoms with van der Waals surface area (Å²) in [5.74, 6) is -0.228. The maximum absolute atomic E-state index is 12.7. The van der Waals surface area contributed by atoms with E-state index in [9.17, 15) is 13.2 Å². The first-order valence-corrected chi connectivity index (χ1v) is 9.59. The van der Waals surface area contributed by atoms with Crippen molar-refractivity contribution in [3.05, 3.63) is 53.3 Å². The lowest BCUT2D eigenvalue weighted by Gasteiger charge is -2.32. The Morgan fingerprint density at radius 2 is 1.84 bits per heavy atom. The van der Waals surface area contributed by atoms with Crippen LogP contribution in [-0.4, -0.2) is 50.7 Å². The number of hydrogen-bond donors (Lipinski definition) is 0. The lowest BCUT2D eigenvalue weighted by Crippen LogP contribution is -2.40. The van der Waals surface area contributed by atoms with Gasteiger partial charge in [0, 0.05) is 33.3 Å². The third-order valence-corrected chi connectivity index (χ3v) is 6.43. The van der Waals surface area contributed by atoms with Gasteiger partial charge in [-0.2, -0.15) is 0 Å². The molecule has 0 N–H and O–H groups in total. The molecule has 1 amide bonds. The first-order chi connectivity index (χ1) is 11.8. The van der Waals surface area contributed by atoms with E-state index in [1.165, 1.54) is 37.6 Å². The summed E-state index contributed by atoms with van der Waals surface area (Å²) in [6.07, 6.45) is 3.84. The van der Waals surface area contributed by atoms with E-state index in [1.54, 1.807) is 11.9 Å². The average molecular weight is 362 g/mol. The molecule has 25 heavy (non-hydrogen) atoms. The number of aryl methyl sites for hydroxylation is 1. The lowest BCUT2D eigenvalue weighted by atomic mass is 9.87. The fourth-order valence-corrected chi connectivity index (χ4v) is 3.93. The highest BCUT2D eigenvalue weighted by Crippen LogP contribution is 2.25. The normalized spacial score (nSPS) is 17.4. The summed E-state index contributed by atoms with van der Waals surface area (Å²) in [5, 5.41) is -0.219. The molecular weight excluding hydrogens is 340 g/mol. The van der Waals surface area contributed by atoms with E-state index in [-0.39, 0.29) is 22.6 Å². The van der Waals surface area contributed by atoms with Gasteiger partial charge in [0.15, 0.2) is 0 Å². The molecule has 1 heterocycles. The van der Waals surface area contributed by atoms with Gasteiger partial charge in [0.1, 0.15) is 6.26 Å². The number of furan rings is 1. The smallest absolute Gasteiger partial charge is 0.275 e.